The zero-order chi connectivity index (χ0) is 20.3. The Labute approximate surface area is 176 Å². The van der Waals surface area contributed by atoms with Crippen molar-refractivity contribution in [2.75, 3.05) is 18.9 Å². The molecule has 0 saturated carbocycles. The molecule has 0 saturated heterocycles. The molecule has 3 aromatic rings. The van der Waals surface area contributed by atoms with Crippen molar-refractivity contribution in [2.24, 2.45) is 0 Å². The third kappa shape index (κ3) is 4.72. The minimum absolute atomic E-state index is 0.0535. The Bertz CT molecular complexity index is 1080. The topological polar surface area (TPSA) is 82.5 Å². The van der Waals surface area contributed by atoms with Crippen LogP contribution in [0.3, 0.4) is 0 Å². The van der Waals surface area contributed by atoms with Crippen LogP contribution in [0.25, 0.3) is 0 Å². The van der Waals surface area contributed by atoms with Gasteiger partial charge in [-0.05, 0) is 30.2 Å². The lowest BCUT2D eigenvalue weighted by Crippen LogP contribution is -2.12. The molecule has 0 radical (unpaired) electrons. The Balaban J connectivity index is 1.67. The molecule has 28 heavy (non-hydrogen) atoms. The highest BCUT2D eigenvalue weighted by atomic mass is 35.5. The summed E-state index contributed by atoms with van der Waals surface area (Å²) >= 11 is 12.8. The third-order valence-electron chi connectivity index (χ3n) is 3.88. The Hall–Kier alpha value is -1.94. The Kier molecular flexibility index (Phi) is 6.39. The van der Waals surface area contributed by atoms with E-state index in [9.17, 15) is 8.42 Å². The summed E-state index contributed by atoms with van der Waals surface area (Å²) in [6.07, 6.45) is 3.73. The van der Waals surface area contributed by atoms with Crippen molar-refractivity contribution < 1.29 is 17.9 Å². The van der Waals surface area contributed by atoms with Crippen molar-refractivity contribution in [1.29, 1.82) is 0 Å². The van der Waals surface area contributed by atoms with E-state index in [-0.39, 0.29) is 9.23 Å². The minimum atomic E-state index is -3.83. The summed E-state index contributed by atoms with van der Waals surface area (Å²) in [5.74, 6) is 1.31. The summed E-state index contributed by atoms with van der Waals surface area (Å²) in [5, 5.41) is 4.19. The summed E-state index contributed by atoms with van der Waals surface area (Å²) in [6.45, 7) is 0.558. The second-order valence-electron chi connectivity index (χ2n) is 5.73. The number of hydrogen-bond donors (Lipinski definition) is 1. The fourth-order valence-corrected chi connectivity index (χ4v) is 5.72. The number of nitrogens with one attached hydrogen (secondary N) is 1. The molecule has 150 valence electrons. The maximum Gasteiger partial charge on any atom is 0.264 e. The number of benzene rings is 1. The number of aryl methyl sites for hydroxylation is 2. The molecule has 1 N–H and O–H groups in total. The summed E-state index contributed by atoms with van der Waals surface area (Å²) in [5.41, 5.74) is 1.38. The number of ether oxygens (including phenoxy) is 2. The lowest BCUT2D eigenvalue weighted by Gasteiger charge is -2.09. The van der Waals surface area contributed by atoms with Gasteiger partial charge in [0.05, 0.1) is 30.4 Å². The molecule has 0 aliphatic carbocycles. The van der Waals surface area contributed by atoms with E-state index in [1.54, 1.807) is 25.1 Å². The first-order valence-electron chi connectivity index (χ1n) is 8.03. The maximum absolute atomic E-state index is 12.4. The SMILES string of the molecule is COc1ccc(CCn2cc(NS(=O)(=O)c3cc(Cl)sc3Cl)cn2)cc1OC. The minimum Gasteiger partial charge on any atom is -0.493 e. The van der Waals surface area contributed by atoms with Gasteiger partial charge in [0.15, 0.2) is 11.5 Å². The van der Waals surface area contributed by atoms with Crippen LogP contribution >= 0.6 is 34.5 Å². The van der Waals surface area contributed by atoms with Crippen LogP contribution in [0.1, 0.15) is 5.56 Å². The molecule has 0 amide bonds. The van der Waals surface area contributed by atoms with E-state index in [4.69, 9.17) is 32.7 Å². The van der Waals surface area contributed by atoms with Crippen LogP contribution < -0.4 is 14.2 Å². The Morgan fingerprint density at radius 2 is 1.93 bits per heavy atom. The van der Waals surface area contributed by atoms with Crippen LogP contribution in [0.4, 0.5) is 5.69 Å². The van der Waals surface area contributed by atoms with E-state index >= 15 is 0 Å². The monoisotopic (exact) mass is 461 g/mol. The highest BCUT2D eigenvalue weighted by Crippen LogP contribution is 2.35. The zero-order valence-electron chi connectivity index (χ0n) is 15.0. The van der Waals surface area contributed by atoms with E-state index in [0.29, 0.717) is 34.5 Å². The maximum atomic E-state index is 12.4. The quantitative estimate of drug-likeness (QED) is 0.540. The van der Waals surface area contributed by atoms with Crippen LogP contribution in [0.15, 0.2) is 41.6 Å². The summed E-state index contributed by atoms with van der Waals surface area (Å²) in [7, 11) is -0.665. The van der Waals surface area contributed by atoms with Gasteiger partial charge in [-0.1, -0.05) is 29.3 Å². The van der Waals surface area contributed by atoms with E-state index in [2.05, 4.69) is 9.82 Å². The molecule has 0 aliphatic heterocycles. The van der Waals surface area contributed by atoms with E-state index in [1.165, 1.54) is 12.3 Å². The van der Waals surface area contributed by atoms with Crippen molar-refractivity contribution in [2.45, 2.75) is 17.9 Å². The first-order chi connectivity index (χ1) is 13.3. The lowest BCUT2D eigenvalue weighted by molar-refractivity contribution is 0.354. The number of thiophene rings is 1. The average molecular weight is 462 g/mol. The molecule has 0 atom stereocenters. The number of halogens is 2. The molecule has 0 spiro atoms. The molecule has 2 heterocycles. The van der Waals surface area contributed by atoms with Crippen LogP contribution in [-0.2, 0) is 23.0 Å². The van der Waals surface area contributed by atoms with Gasteiger partial charge in [0.2, 0.25) is 0 Å². The smallest absolute Gasteiger partial charge is 0.264 e. The van der Waals surface area contributed by atoms with E-state index in [1.807, 2.05) is 18.2 Å². The van der Waals surface area contributed by atoms with E-state index in [0.717, 1.165) is 16.9 Å². The number of nitrogens with zero attached hydrogens (tertiary/aromatic N) is 2. The molecule has 0 unspecified atom stereocenters. The average Bonchev–Trinajstić information content (AvgIpc) is 3.25. The summed E-state index contributed by atoms with van der Waals surface area (Å²) < 4.78 is 39.9. The van der Waals surface area contributed by atoms with Crippen LogP contribution in [0.5, 0.6) is 11.5 Å². The molecule has 3 rings (SSSR count). The molecular formula is C17H17Cl2N3O4S2. The van der Waals surface area contributed by atoms with Gasteiger partial charge in [-0.2, -0.15) is 5.10 Å². The highest BCUT2D eigenvalue weighted by molar-refractivity contribution is 7.93. The number of rotatable bonds is 8. The normalized spacial score (nSPS) is 11.4. The zero-order valence-corrected chi connectivity index (χ0v) is 18.1. The van der Waals surface area contributed by atoms with Crippen molar-refractivity contribution >= 4 is 50.2 Å². The molecule has 11 heteroatoms. The van der Waals surface area contributed by atoms with Gasteiger partial charge in [-0.3, -0.25) is 9.40 Å². The lowest BCUT2D eigenvalue weighted by atomic mass is 10.1. The fraction of sp³-hybridized carbons (Fsp3) is 0.235. The number of anilines is 1. The first-order valence-corrected chi connectivity index (χ1v) is 11.1. The number of methoxy groups -OCH3 is 2. The van der Waals surface area contributed by atoms with Crippen molar-refractivity contribution in [3.8, 4) is 11.5 Å². The number of sulfonamides is 1. The van der Waals surface area contributed by atoms with Crippen molar-refractivity contribution in [3.05, 3.63) is 50.9 Å². The fourth-order valence-electron chi connectivity index (χ4n) is 2.54. The van der Waals surface area contributed by atoms with Gasteiger partial charge in [0, 0.05) is 12.7 Å². The third-order valence-corrected chi connectivity index (χ3v) is 7.01. The molecular weight excluding hydrogens is 445 g/mol. The molecule has 1 aromatic carbocycles. The number of aromatic nitrogens is 2. The van der Waals surface area contributed by atoms with Crippen molar-refractivity contribution in [1.82, 2.24) is 9.78 Å². The predicted molar refractivity (Wildman–Crippen MR) is 111 cm³/mol. The molecule has 0 bridgehead atoms. The van der Waals surface area contributed by atoms with E-state index < -0.39 is 10.0 Å². The van der Waals surface area contributed by atoms with Crippen LogP contribution in [0.2, 0.25) is 8.67 Å². The Morgan fingerprint density at radius 3 is 2.57 bits per heavy atom. The van der Waals surface area contributed by atoms with Gasteiger partial charge < -0.3 is 9.47 Å². The molecule has 0 fully saturated rings. The van der Waals surface area contributed by atoms with Crippen LogP contribution in [0, 0.1) is 0 Å². The Morgan fingerprint density at radius 1 is 1.18 bits per heavy atom. The summed E-state index contributed by atoms with van der Waals surface area (Å²) in [6, 6.07) is 7.00. The molecule has 2 aromatic heterocycles. The largest absolute Gasteiger partial charge is 0.493 e. The first kappa shape index (κ1) is 20.8. The van der Waals surface area contributed by atoms with Gasteiger partial charge in [-0.25, -0.2) is 8.42 Å². The van der Waals surface area contributed by atoms with Gasteiger partial charge >= 0.3 is 0 Å². The summed E-state index contributed by atoms with van der Waals surface area (Å²) in [4.78, 5) is -0.0535. The van der Waals surface area contributed by atoms with Gasteiger partial charge in [0.1, 0.15) is 9.23 Å². The highest BCUT2D eigenvalue weighted by Gasteiger charge is 2.21. The predicted octanol–water partition coefficient (Wildman–Crippen LogP) is 4.31. The molecule has 0 aliphatic rings. The van der Waals surface area contributed by atoms with Crippen LogP contribution in [-0.4, -0.2) is 32.4 Å². The number of hydrogen-bond acceptors (Lipinski definition) is 6. The van der Waals surface area contributed by atoms with Gasteiger partial charge in [0.25, 0.3) is 10.0 Å². The standard InChI is InChI=1S/C17H17Cl2N3O4S2/c1-25-13-4-3-11(7-14(13)26-2)5-6-22-10-12(9-20-22)21-28(23,24)15-8-16(18)27-17(15)19/h3-4,7-10,21H,5-6H2,1-2H3. The second-order valence-corrected chi connectivity index (χ2v) is 9.66. The molecule has 7 nitrogen and oxygen atoms in total. The van der Waals surface area contributed by atoms with Crippen molar-refractivity contribution in [3.63, 3.8) is 0 Å². The second kappa shape index (κ2) is 8.60. The van der Waals surface area contributed by atoms with Gasteiger partial charge in [-0.15, -0.1) is 11.3 Å².